The van der Waals surface area contributed by atoms with Crippen LogP contribution in [0.1, 0.15) is 24.4 Å². The summed E-state index contributed by atoms with van der Waals surface area (Å²) < 4.78 is 31.3. The van der Waals surface area contributed by atoms with Gasteiger partial charge < -0.3 is 10.1 Å². The van der Waals surface area contributed by atoms with E-state index >= 15 is 0 Å². The summed E-state index contributed by atoms with van der Waals surface area (Å²) in [5.74, 6) is 0. The number of cyclic esters (lactones) is 1. The molecular weight excluding hydrogens is 268 g/mol. The quantitative estimate of drug-likeness (QED) is 0.859. The Kier molecular flexibility index (Phi) is 2.94. The van der Waals surface area contributed by atoms with Crippen LogP contribution in [0.4, 0.5) is 4.79 Å². The molecular formula is C12H14N2O4S. The number of sulfonamides is 1. The topological polar surface area (TPSA) is 84.5 Å². The van der Waals surface area contributed by atoms with E-state index in [0.717, 1.165) is 18.4 Å². The van der Waals surface area contributed by atoms with Gasteiger partial charge in [0.1, 0.15) is 6.61 Å². The van der Waals surface area contributed by atoms with Crippen LogP contribution in [0, 0.1) is 0 Å². The van der Waals surface area contributed by atoms with Crippen molar-refractivity contribution in [1.82, 2.24) is 10.0 Å². The van der Waals surface area contributed by atoms with Gasteiger partial charge in [-0.3, -0.25) is 0 Å². The maximum absolute atomic E-state index is 12.0. The first kappa shape index (κ1) is 12.4. The van der Waals surface area contributed by atoms with Gasteiger partial charge in [-0.1, -0.05) is 12.1 Å². The van der Waals surface area contributed by atoms with Crippen LogP contribution >= 0.6 is 0 Å². The highest BCUT2D eigenvalue weighted by molar-refractivity contribution is 7.89. The van der Waals surface area contributed by atoms with Crippen molar-refractivity contribution in [3.05, 3.63) is 29.8 Å². The molecule has 0 aromatic heterocycles. The van der Waals surface area contributed by atoms with Gasteiger partial charge in [0.2, 0.25) is 10.0 Å². The normalized spacial score (nSPS) is 22.9. The number of nitrogens with one attached hydrogen (secondary N) is 2. The lowest BCUT2D eigenvalue weighted by Crippen LogP contribution is -2.25. The van der Waals surface area contributed by atoms with E-state index in [-0.39, 0.29) is 23.6 Å². The minimum absolute atomic E-state index is 0.0900. The monoisotopic (exact) mass is 282 g/mol. The largest absolute Gasteiger partial charge is 0.447 e. The summed E-state index contributed by atoms with van der Waals surface area (Å²) >= 11 is 0. The molecule has 1 atom stereocenters. The van der Waals surface area contributed by atoms with Gasteiger partial charge >= 0.3 is 6.09 Å². The standard InChI is InChI=1S/C12H14N2O4S/c15-12-13-11(7-18-12)8-1-5-10(6-2-8)19(16,17)14-9-3-4-9/h1-2,5-6,9,11,14H,3-4,7H2,(H,13,15). The third-order valence-electron chi connectivity index (χ3n) is 3.17. The van der Waals surface area contributed by atoms with E-state index in [1.807, 2.05) is 0 Å². The zero-order chi connectivity index (χ0) is 13.5. The third kappa shape index (κ3) is 2.71. The van der Waals surface area contributed by atoms with E-state index in [4.69, 9.17) is 4.74 Å². The molecule has 0 bridgehead atoms. The molecule has 0 spiro atoms. The second-order valence-electron chi connectivity index (χ2n) is 4.76. The number of alkyl carbamates (subject to hydrolysis) is 1. The Morgan fingerprint density at radius 2 is 1.89 bits per heavy atom. The molecule has 0 radical (unpaired) electrons. The number of hydrogen-bond acceptors (Lipinski definition) is 4. The summed E-state index contributed by atoms with van der Waals surface area (Å²) in [7, 11) is -3.42. The van der Waals surface area contributed by atoms with E-state index < -0.39 is 16.1 Å². The fraction of sp³-hybridized carbons (Fsp3) is 0.417. The van der Waals surface area contributed by atoms with Gasteiger partial charge in [-0.15, -0.1) is 0 Å². The van der Waals surface area contributed by atoms with Crippen LogP contribution in [-0.2, 0) is 14.8 Å². The lowest BCUT2D eigenvalue weighted by Gasteiger charge is -2.09. The molecule has 1 saturated carbocycles. The lowest BCUT2D eigenvalue weighted by atomic mass is 10.1. The van der Waals surface area contributed by atoms with Gasteiger partial charge in [0.15, 0.2) is 0 Å². The summed E-state index contributed by atoms with van der Waals surface area (Å²) in [6.07, 6.45) is 1.36. The highest BCUT2D eigenvalue weighted by atomic mass is 32.2. The predicted octanol–water partition coefficient (Wildman–Crippen LogP) is 0.908. The highest BCUT2D eigenvalue weighted by Gasteiger charge is 2.28. The molecule has 7 heteroatoms. The number of rotatable bonds is 4. The molecule has 102 valence electrons. The first-order chi connectivity index (χ1) is 9.04. The van der Waals surface area contributed by atoms with Crippen molar-refractivity contribution in [1.29, 1.82) is 0 Å². The van der Waals surface area contributed by atoms with Crippen molar-refractivity contribution in [3.8, 4) is 0 Å². The summed E-state index contributed by atoms with van der Waals surface area (Å²) in [6.45, 7) is 0.269. The maximum Gasteiger partial charge on any atom is 0.407 e. The maximum atomic E-state index is 12.0. The molecule has 1 aliphatic carbocycles. The Balaban J connectivity index is 1.76. The first-order valence-corrected chi connectivity index (χ1v) is 7.58. The first-order valence-electron chi connectivity index (χ1n) is 6.10. The van der Waals surface area contributed by atoms with E-state index in [1.54, 1.807) is 24.3 Å². The van der Waals surface area contributed by atoms with Crippen molar-refractivity contribution in [3.63, 3.8) is 0 Å². The van der Waals surface area contributed by atoms with Crippen LogP contribution in [0.2, 0.25) is 0 Å². The molecule has 1 amide bonds. The summed E-state index contributed by atoms with van der Waals surface area (Å²) in [5.41, 5.74) is 0.830. The van der Waals surface area contributed by atoms with Crippen LogP contribution < -0.4 is 10.0 Å². The number of benzene rings is 1. The van der Waals surface area contributed by atoms with Crippen LogP contribution in [0.25, 0.3) is 0 Å². The molecule has 1 aromatic carbocycles. The molecule has 1 heterocycles. The molecule has 1 unspecified atom stereocenters. The van der Waals surface area contributed by atoms with Crippen LogP contribution in [0.15, 0.2) is 29.2 Å². The fourth-order valence-corrected chi connectivity index (χ4v) is 3.24. The van der Waals surface area contributed by atoms with Crippen LogP contribution in [0.3, 0.4) is 0 Å². The third-order valence-corrected chi connectivity index (χ3v) is 4.70. The predicted molar refractivity (Wildman–Crippen MR) is 67.0 cm³/mol. The summed E-state index contributed by atoms with van der Waals surface area (Å²) in [4.78, 5) is 11.2. The van der Waals surface area contributed by atoms with E-state index in [9.17, 15) is 13.2 Å². The van der Waals surface area contributed by atoms with Gasteiger partial charge in [0.05, 0.1) is 10.9 Å². The van der Waals surface area contributed by atoms with Crippen molar-refractivity contribution < 1.29 is 17.9 Å². The van der Waals surface area contributed by atoms with Gasteiger partial charge in [-0.2, -0.15) is 0 Å². The Labute approximate surface area is 111 Å². The van der Waals surface area contributed by atoms with E-state index in [0.29, 0.717) is 0 Å². The summed E-state index contributed by atoms with van der Waals surface area (Å²) in [6, 6.07) is 6.37. The van der Waals surface area contributed by atoms with Crippen molar-refractivity contribution in [2.45, 2.75) is 29.8 Å². The van der Waals surface area contributed by atoms with Crippen LogP contribution in [-0.4, -0.2) is 27.2 Å². The average Bonchev–Trinajstić information content (AvgIpc) is 3.07. The Bertz CT molecular complexity index is 593. The molecule has 3 rings (SSSR count). The Hall–Kier alpha value is -1.60. The van der Waals surface area contributed by atoms with Crippen molar-refractivity contribution >= 4 is 16.1 Å². The number of hydrogen-bond donors (Lipinski definition) is 2. The molecule has 1 aliphatic heterocycles. The smallest absolute Gasteiger partial charge is 0.407 e. The highest BCUT2D eigenvalue weighted by Crippen LogP contribution is 2.23. The molecule has 1 aromatic rings. The van der Waals surface area contributed by atoms with Crippen molar-refractivity contribution in [2.24, 2.45) is 0 Å². The molecule has 2 aliphatic rings. The second kappa shape index (κ2) is 4.50. The molecule has 19 heavy (non-hydrogen) atoms. The molecule has 1 saturated heterocycles. The number of carbonyl (C=O) groups is 1. The van der Waals surface area contributed by atoms with E-state index in [2.05, 4.69) is 10.0 Å². The zero-order valence-corrected chi connectivity index (χ0v) is 10.9. The minimum atomic E-state index is -3.42. The van der Waals surface area contributed by atoms with Crippen LogP contribution in [0.5, 0.6) is 0 Å². The van der Waals surface area contributed by atoms with Crippen molar-refractivity contribution in [2.75, 3.05) is 6.61 Å². The second-order valence-corrected chi connectivity index (χ2v) is 6.47. The molecule has 2 fully saturated rings. The van der Waals surface area contributed by atoms with Gasteiger partial charge in [0.25, 0.3) is 0 Å². The molecule has 6 nitrogen and oxygen atoms in total. The number of carbonyl (C=O) groups excluding carboxylic acids is 1. The van der Waals surface area contributed by atoms with Gasteiger partial charge in [-0.25, -0.2) is 17.9 Å². The minimum Gasteiger partial charge on any atom is -0.447 e. The Morgan fingerprint density at radius 3 is 2.42 bits per heavy atom. The zero-order valence-electron chi connectivity index (χ0n) is 10.1. The number of ether oxygens (including phenoxy) is 1. The number of amides is 1. The van der Waals surface area contributed by atoms with Gasteiger partial charge in [0, 0.05) is 6.04 Å². The SMILES string of the molecule is O=C1NC(c2ccc(S(=O)(=O)NC3CC3)cc2)CO1. The summed E-state index contributed by atoms with van der Waals surface area (Å²) in [5, 5.41) is 2.64. The van der Waals surface area contributed by atoms with Gasteiger partial charge in [-0.05, 0) is 30.5 Å². The fourth-order valence-electron chi connectivity index (χ4n) is 1.93. The average molecular weight is 282 g/mol. The van der Waals surface area contributed by atoms with E-state index in [1.165, 1.54) is 0 Å². The Morgan fingerprint density at radius 1 is 1.21 bits per heavy atom. The lowest BCUT2D eigenvalue weighted by molar-refractivity contribution is 0.177. The molecule has 2 N–H and O–H groups in total.